The zero-order valence-corrected chi connectivity index (χ0v) is 15.6. The molecule has 1 fully saturated rings. The number of piperazine rings is 1. The van der Waals surface area contributed by atoms with Gasteiger partial charge in [0.05, 0.1) is 5.52 Å². The molecule has 0 amide bonds. The van der Waals surface area contributed by atoms with Gasteiger partial charge < -0.3 is 14.4 Å². The fourth-order valence-electron chi connectivity index (χ4n) is 3.98. The summed E-state index contributed by atoms with van der Waals surface area (Å²) in [6, 6.07) is 14.0. The van der Waals surface area contributed by atoms with Gasteiger partial charge in [-0.05, 0) is 49.7 Å². The van der Waals surface area contributed by atoms with E-state index in [1.54, 1.807) is 6.07 Å². The number of aryl methyl sites for hydroxylation is 3. The van der Waals surface area contributed by atoms with Gasteiger partial charge in [-0.1, -0.05) is 24.3 Å². The lowest BCUT2D eigenvalue weighted by atomic mass is 10.1. The molecule has 0 saturated carbocycles. The molecule has 1 saturated heterocycles. The SMILES string of the molecule is Cc1ccc(F)c2ccn(CCc3ccccc3N3CCN(C)CC3)c12. The molecule has 3 nitrogen and oxygen atoms in total. The van der Waals surface area contributed by atoms with Crippen molar-refractivity contribution in [1.29, 1.82) is 0 Å². The minimum Gasteiger partial charge on any atom is -0.369 e. The van der Waals surface area contributed by atoms with Crippen molar-refractivity contribution in [2.45, 2.75) is 19.9 Å². The lowest BCUT2D eigenvalue weighted by Gasteiger charge is -2.35. The number of hydrogen-bond donors (Lipinski definition) is 0. The van der Waals surface area contributed by atoms with Crippen LogP contribution in [0.5, 0.6) is 0 Å². The molecule has 1 aromatic heterocycles. The molecule has 0 radical (unpaired) electrons. The number of likely N-dealkylation sites (N-methyl/N-ethyl adjacent to an activating group) is 1. The molecule has 0 unspecified atom stereocenters. The molecular formula is C22H26FN3. The lowest BCUT2D eigenvalue weighted by molar-refractivity contribution is 0.312. The van der Waals surface area contributed by atoms with Crippen molar-refractivity contribution in [3.63, 3.8) is 0 Å². The van der Waals surface area contributed by atoms with Crippen LogP contribution in [0.1, 0.15) is 11.1 Å². The summed E-state index contributed by atoms with van der Waals surface area (Å²) >= 11 is 0. The molecule has 136 valence electrons. The zero-order chi connectivity index (χ0) is 18.1. The number of halogens is 1. The average Bonchev–Trinajstić information content (AvgIpc) is 3.09. The topological polar surface area (TPSA) is 11.4 Å². The van der Waals surface area contributed by atoms with Crippen molar-refractivity contribution >= 4 is 16.6 Å². The molecule has 0 bridgehead atoms. The highest BCUT2D eigenvalue weighted by Gasteiger charge is 2.17. The molecular weight excluding hydrogens is 325 g/mol. The van der Waals surface area contributed by atoms with Crippen LogP contribution in [0, 0.1) is 12.7 Å². The fourth-order valence-corrected chi connectivity index (χ4v) is 3.98. The number of fused-ring (bicyclic) bond motifs is 1. The van der Waals surface area contributed by atoms with Gasteiger partial charge in [-0.25, -0.2) is 4.39 Å². The second-order valence-corrected chi connectivity index (χ2v) is 7.30. The Labute approximate surface area is 154 Å². The third-order valence-electron chi connectivity index (χ3n) is 5.53. The summed E-state index contributed by atoms with van der Waals surface area (Å²) < 4.78 is 16.2. The first kappa shape index (κ1) is 17.1. The molecule has 4 rings (SSSR count). The Hall–Kier alpha value is -2.33. The average molecular weight is 351 g/mol. The van der Waals surface area contributed by atoms with E-state index in [-0.39, 0.29) is 5.82 Å². The molecule has 0 spiro atoms. The zero-order valence-electron chi connectivity index (χ0n) is 15.6. The summed E-state index contributed by atoms with van der Waals surface area (Å²) in [5, 5.41) is 0.720. The monoisotopic (exact) mass is 351 g/mol. The molecule has 4 heteroatoms. The van der Waals surface area contributed by atoms with Crippen molar-refractivity contribution in [2.75, 3.05) is 38.1 Å². The maximum atomic E-state index is 14.1. The van der Waals surface area contributed by atoms with Crippen LogP contribution in [0.15, 0.2) is 48.7 Å². The van der Waals surface area contributed by atoms with Crippen molar-refractivity contribution in [1.82, 2.24) is 9.47 Å². The van der Waals surface area contributed by atoms with Gasteiger partial charge in [-0.3, -0.25) is 0 Å². The van der Waals surface area contributed by atoms with E-state index in [4.69, 9.17) is 0 Å². The Balaban J connectivity index is 1.57. The van der Waals surface area contributed by atoms with E-state index in [0.29, 0.717) is 0 Å². The third kappa shape index (κ3) is 3.21. The molecule has 26 heavy (non-hydrogen) atoms. The van der Waals surface area contributed by atoms with Crippen LogP contribution in [-0.4, -0.2) is 42.7 Å². The van der Waals surface area contributed by atoms with Crippen molar-refractivity contribution in [2.24, 2.45) is 0 Å². The van der Waals surface area contributed by atoms with Crippen LogP contribution in [0.2, 0.25) is 0 Å². The number of para-hydroxylation sites is 1. The predicted octanol–water partition coefficient (Wildman–Crippen LogP) is 4.08. The minimum absolute atomic E-state index is 0.137. The van der Waals surface area contributed by atoms with Gasteiger partial charge in [0.1, 0.15) is 5.82 Å². The van der Waals surface area contributed by atoms with Gasteiger partial charge in [0.2, 0.25) is 0 Å². The van der Waals surface area contributed by atoms with Crippen LogP contribution < -0.4 is 4.90 Å². The van der Waals surface area contributed by atoms with E-state index in [1.165, 1.54) is 11.3 Å². The fraction of sp³-hybridized carbons (Fsp3) is 0.364. The number of hydrogen-bond acceptors (Lipinski definition) is 2. The van der Waals surface area contributed by atoms with Crippen LogP contribution >= 0.6 is 0 Å². The highest BCUT2D eigenvalue weighted by molar-refractivity contribution is 5.83. The second kappa shape index (κ2) is 7.12. The van der Waals surface area contributed by atoms with Crippen molar-refractivity contribution < 1.29 is 4.39 Å². The van der Waals surface area contributed by atoms with Gasteiger partial charge >= 0.3 is 0 Å². The summed E-state index contributed by atoms with van der Waals surface area (Å²) in [7, 11) is 2.18. The van der Waals surface area contributed by atoms with Gasteiger partial charge in [-0.15, -0.1) is 0 Å². The van der Waals surface area contributed by atoms with Crippen LogP contribution in [0.4, 0.5) is 10.1 Å². The molecule has 2 aromatic carbocycles. The van der Waals surface area contributed by atoms with Gasteiger partial charge in [0.15, 0.2) is 0 Å². The first-order chi connectivity index (χ1) is 12.6. The normalized spacial score (nSPS) is 15.7. The minimum atomic E-state index is -0.137. The first-order valence-corrected chi connectivity index (χ1v) is 9.39. The van der Waals surface area contributed by atoms with Gasteiger partial charge in [0, 0.05) is 50.0 Å². The number of rotatable bonds is 4. The van der Waals surface area contributed by atoms with E-state index >= 15 is 0 Å². The number of anilines is 1. The summed E-state index contributed by atoms with van der Waals surface area (Å²) in [5.74, 6) is -0.137. The predicted molar refractivity (Wildman–Crippen MR) is 106 cm³/mol. The Morgan fingerprint density at radius 3 is 2.54 bits per heavy atom. The molecule has 2 heterocycles. The number of aromatic nitrogens is 1. The smallest absolute Gasteiger partial charge is 0.132 e. The first-order valence-electron chi connectivity index (χ1n) is 9.39. The lowest BCUT2D eigenvalue weighted by Crippen LogP contribution is -2.44. The van der Waals surface area contributed by atoms with Crippen molar-refractivity contribution in [3.05, 3.63) is 65.6 Å². The summed E-state index contributed by atoms with van der Waals surface area (Å²) in [5.41, 5.74) is 4.86. The maximum Gasteiger partial charge on any atom is 0.132 e. The third-order valence-corrected chi connectivity index (χ3v) is 5.53. The highest BCUT2D eigenvalue weighted by atomic mass is 19.1. The molecule has 0 aliphatic carbocycles. The summed E-state index contributed by atoms with van der Waals surface area (Å²) in [6.07, 6.45) is 2.96. The summed E-state index contributed by atoms with van der Waals surface area (Å²) in [6.45, 7) is 7.27. The van der Waals surface area contributed by atoms with E-state index in [0.717, 1.165) is 55.6 Å². The Bertz CT molecular complexity index is 907. The van der Waals surface area contributed by atoms with E-state index in [1.807, 2.05) is 18.3 Å². The van der Waals surface area contributed by atoms with Crippen LogP contribution in [0.25, 0.3) is 10.9 Å². The molecule has 0 N–H and O–H groups in total. The largest absolute Gasteiger partial charge is 0.369 e. The number of benzene rings is 2. The molecule has 1 aliphatic rings. The van der Waals surface area contributed by atoms with Gasteiger partial charge in [-0.2, -0.15) is 0 Å². The molecule has 1 aliphatic heterocycles. The molecule has 0 atom stereocenters. The van der Waals surface area contributed by atoms with Crippen LogP contribution in [0.3, 0.4) is 0 Å². The van der Waals surface area contributed by atoms with E-state index < -0.39 is 0 Å². The second-order valence-electron chi connectivity index (χ2n) is 7.30. The Kier molecular flexibility index (Phi) is 4.68. The van der Waals surface area contributed by atoms with Gasteiger partial charge in [0.25, 0.3) is 0 Å². The standard InChI is InChI=1S/C22H26FN3/c1-17-7-8-20(23)19-10-12-26(22(17)19)11-9-18-5-3-4-6-21(18)25-15-13-24(2)14-16-25/h3-8,10,12H,9,11,13-16H2,1-2H3. The van der Waals surface area contributed by atoms with Crippen LogP contribution in [-0.2, 0) is 13.0 Å². The molecule has 3 aromatic rings. The summed E-state index contributed by atoms with van der Waals surface area (Å²) in [4.78, 5) is 4.87. The highest BCUT2D eigenvalue weighted by Crippen LogP contribution is 2.26. The Morgan fingerprint density at radius 1 is 0.962 bits per heavy atom. The number of nitrogens with zero attached hydrogens (tertiary/aromatic N) is 3. The Morgan fingerprint density at radius 2 is 1.73 bits per heavy atom. The van der Waals surface area contributed by atoms with E-state index in [2.05, 4.69) is 52.6 Å². The quantitative estimate of drug-likeness (QED) is 0.702. The van der Waals surface area contributed by atoms with E-state index in [9.17, 15) is 4.39 Å². The van der Waals surface area contributed by atoms with Crippen molar-refractivity contribution in [3.8, 4) is 0 Å². The maximum absolute atomic E-state index is 14.1.